The summed E-state index contributed by atoms with van der Waals surface area (Å²) in [5.74, 6) is 1.96. The SMILES string of the molecule is CCC(CC)n1c(C2CC2)nc2cc(N)ccc21. The van der Waals surface area contributed by atoms with E-state index in [-0.39, 0.29) is 0 Å². The van der Waals surface area contributed by atoms with Gasteiger partial charge in [0.25, 0.3) is 0 Å². The van der Waals surface area contributed by atoms with E-state index in [0.29, 0.717) is 12.0 Å². The fourth-order valence-electron chi connectivity index (χ4n) is 2.80. The van der Waals surface area contributed by atoms with E-state index in [9.17, 15) is 0 Å². The number of nitrogens with two attached hydrogens (primary N) is 1. The second kappa shape index (κ2) is 4.30. The predicted molar refractivity (Wildman–Crippen MR) is 75.7 cm³/mol. The smallest absolute Gasteiger partial charge is 0.113 e. The first-order valence-electron chi connectivity index (χ1n) is 7.02. The summed E-state index contributed by atoms with van der Waals surface area (Å²) in [6.45, 7) is 4.52. The Hall–Kier alpha value is -1.51. The summed E-state index contributed by atoms with van der Waals surface area (Å²) in [6.07, 6.45) is 4.90. The number of aromatic nitrogens is 2. The number of hydrogen-bond donors (Lipinski definition) is 1. The van der Waals surface area contributed by atoms with Gasteiger partial charge in [0.1, 0.15) is 5.82 Å². The normalized spacial score (nSPS) is 15.7. The molecule has 1 saturated carbocycles. The van der Waals surface area contributed by atoms with Gasteiger partial charge in [-0.15, -0.1) is 0 Å². The van der Waals surface area contributed by atoms with Crippen LogP contribution in [0.2, 0.25) is 0 Å². The zero-order chi connectivity index (χ0) is 12.7. The molecule has 1 fully saturated rings. The van der Waals surface area contributed by atoms with E-state index in [2.05, 4.69) is 24.5 Å². The molecule has 0 radical (unpaired) electrons. The van der Waals surface area contributed by atoms with E-state index in [4.69, 9.17) is 10.7 Å². The average molecular weight is 243 g/mol. The van der Waals surface area contributed by atoms with Gasteiger partial charge in [-0.05, 0) is 43.9 Å². The van der Waals surface area contributed by atoms with Gasteiger partial charge in [0.15, 0.2) is 0 Å². The largest absolute Gasteiger partial charge is 0.399 e. The molecule has 96 valence electrons. The first kappa shape index (κ1) is 11.6. The second-order valence-corrected chi connectivity index (χ2v) is 5.33. The Morgan fingerprint density at radius 1 is 1.33 bits per heavy atom. The predicted octanol–water partition coefficient (Wildman–Crippen LogP) is 3.86. The lowest BCUT2D eigenvalue weighted by atomic mass is 10.1. The number of rotatable bonds is 4. The topological polar surface area (TPSA) is 43.8 Å². The molecule has 0 bridgehead atoms. The summed E-state index contributed by atoms with van der Waals surface area (Å²) in [7, 11) is 0. The molecule has 1 aromatic heterocycles. The highest BCUT2D eigenvalue weighted by Gasteiger charge is 2.31. The summed E-state index contributed by atoms with van der Waals surface area (Å²) < 4.78 is 2.46. The van der Waals surface area contributed by atoms with Crippen LogP contribution in [-0.2, 0) is 0 Å². The van der Waals surface area contributed by atoms with Crippen molar-refractivity contribution in [2.45, 2.75) is 51.5 Å². The van der Waals surface area contributed by atoms with Crippen molar-refractivity contribution in [3.8, 4) is 0 Å². The molecule has 3 nitrogen and oxygen atoms in total. The van der Waals surface area contributed by atoms with Crippen LogP contribution in [0.3, 0.4) is 0 Å². The zero-order valence-electron chi connectivity index (χ0n) is 11.2. The minimum atomic E-state index is 0.564. The summed E-state index contributed by atoms with van der Waals surface area (Å²) >= 11 is 0. The van der Waals surface area contributed by atoms with Crippen LogP contribution in [0.15, 0.2) is 18.2 Å². The Labute approximate surface area is 108 Å². The van der Waals surface area contributed by atoms with Crippen molar-refractivity contribution in [3.63, 3.8) is 0 Å². The monoisotopic (exact) mass is 243 g/mol. The van der Waals surface area contributed by atoms with Crippen LogP contribution < -0.4 is 5.73 Å². The van der Waals surface area contributed by atoms with Gasteiger partial charge >= 0.3 is 0 Å². The minimum Gasteiger partial charge on any atom is -0.399 e. The molecule has 0 atom stereocenters. The van der Waals surface area contributed by atoms with Gasteiger partial charge in [0.2, 0.25) is 0 Å². The third-order valence-electron chi connectivity index (χ3n) is 3.99. The van der Waals surface area contributed by atoms with E-state index in [1.807, 2.05) is 12.1 Å². The van der Waals surface area contributed by atoms with Crippen LogP contribution in [0.4, 0.5) is 5.69 Å². The average Bonchev–Trinajstić information content (AvgIpc) is 3.14. The van der Waals surface area contributed by atoms with Gasteiger partial charge in [-0.25, -0.2) is 4.98 Å². The van der Waals surface area contributed by atoms with E-state index >= 15 is 0 Å². The molecule has 2 N–H and O–H groups in total. The van der Waals surface area contributed by atoms with Crippen molar-refractivity contribution in [3.05, 3.63) is 24.0 Å². The fraction of sp³-hybridized carbons (Fsp3) is 0.533. The first-order chi connectivity index (χ1) is 8.74. The summed E-state index contributed by atoms with van der Waals surface area (Å²) in [4.78, 5) is 4.84. The van der Waals surface area contributed by atoms with E-state index in [1.165, 1.54) is 24.2 Å². The van der Waals surface area contributed by atoms with Crippen LogP contribution in [0.5, 0.6) is 0 Å². The molecule has 0 spiro atoms. The van der Waals surface area contributed by atoms with Gasteiger partial charge in [-0.3, -0.25) is 0 Å². The quantitative estimate of drug-likeness (QED) is 0.829. The molecule has 0 unspecified atom stereocenters. The molecule has 1 heterocycles. The number of imidazole rings is 1. The molecular formula is C15H21N3. The van der Waals surface area contributed by atoms with Crippen LogP contribution in [0.25, 0.3) is 11.0 Å². The number of nitrogen functional groups attached to an aromatic ring is 1. The minimum absolute atomic E-state index is 0.564. The van der Waals surface area contributed by atoms with Crippen molar-refractivity contribution in [1.29, 1.82) is 0 Å². The maximum absolute atomic E-state index is 5.87. The zero-order valence-corrected chi connectivity index (χ0v) is 11.2. The van der Waals surface area contributed by atoms with Crippen molar-refractivity contribution >= 4 is 16.7 Å². The van der Waals surface area contributed by atoms with E-state index < -0.39 is 0 Å². The molecule has 1 aliphatic carbocycles. The summed E-state index contributed by atoms with van der Waals surface area (Å²) in [5, 5.41) is 0. The van der Waals surface area contributed by atoms with Crippen molar-refractivity contribution in [2.75, 3.05) is 5.73 Å². The summed E-state index contributed by atoms with van der Waals surface area (Å²) in [5.41, 5.74) is 8.98. The lowest BCUT2D eigenvalue weighted by Crippen LogP contribution is -2.10. The van der Waals surface area contributed by atoms with E-state index in [0.717, 1.165) is 24.0 Å². The van der Waals surface area contributed by atoms with Gasteiger partial charge in [-0.2, -0.15) is 0 Å². The van der Waals surface area contributed by atoms with Crippen LogP contribution in [-0.4, -0.2) is 9.55 Å². The molecule has 1 aromatic carbocycles. The molecular weight excluding hydrogens is 222 g/mol. The van der Waals surface area contributed by atoms with Gasteiger partial charge in [0, 0.05) is 17.6 Å². The van der Waals surface area contributed by atoms with Crippen molar-refractivity contribution in [1.82, 2.24) is 9.55 Å². The number of nitrogens with zero attached hydrogens (tertiary/aromatic N) is 2. The van der Waals surface area contributed by atoms with Crippen molar-refractivity contribution in [2.24, 2.45) is 0 Å². The third-order valence-corrected chi connectivity index (χ3v) is 3.99. The summed E-state index contributed by atoms with van der Waals surface area (Å²) in [6, 6.07) is 6.68. The fourth-order valence-corrected chi connectivity index (χ4v) is 2.80. The Balaban J connectivity index is 2.21. The molecule has 0 amide bonds. The number of benzene rings is 1. The number of fused-ring (bicyclic) bond motifs is 1. The molecule has 18 heavy (non-hydrogen) atoms. The maximum atomic E-state index is 5.87. The Morgan fingerprint density at radius 3 is 2.67 bits per heavy atom. The van der Waals surface area contributed by atoms with Crippen LogP contribution >= 0.6 is 0 Å². The molecule has 3 rings (SSSR count). The maximum Gasteiger partial charge on any atom is 0.113 e. The lowest BCUT2D eigenvalue weighted by molar-refractivity contribution is 0.467. The number of hydrogen-bond acceptors (Lipinski definition) is 2. The second-order valence-electron chi connectivity index (χ2n) is 5.33. The van der Waals surface area contributed by atoms with Gasteiger partial charge in [-0.1, -0.05) is 13.8 Å². The number of anilines is 1. The lowest BCUT2D eigenvalue weighted by Gasteiger charge is -2.18. The highest BCUT2D eigenvalue weighted by atomic mass is 15.1. The van der Waals surface area contributed by atoms with Crippen LogP contribution in [0.1, 0.15) is 57.3 Å². The Bertz CT molecular complexity index is 562. The van der Waals surface area contributed by atoms with Gasteiger partial charge < -0.3 is 10.3 Å². The molecule has 0 saturated heterocycles. The van der Waals surface area contributed by atoms with E-state index in [1.54, 1.807) is 0 Å². The highest BCUT2D eigenvalue weighted by molar-refractivity contribution is 5.80. The molecule has 2 aromatic rings. The third kappa shape index (κ3) is 1.78. The standard InChI is InChI=1S/C15H21N3/c1-3-12(4-2)18-14-8-7-11(16)9-13(14)17-15(18)10-5-6-10/h7-10,12H,3-6,16H2,1-2H3. The highest BCUT2D eigenvalue weighted by Crippen LogP contribution is 2.42. The Morgan fingerprint density at radius 2 is 2.06 bits per heavy atom. The molecule has 3 heteroatoms. The first-order valence-corrected chi connectivity index (χ1v) is 7.02. The van der Waals surface area contributed by atoms with Crippen LogP contribution in [0, 0.1) is 0 Å². The van der Waals surface area contributed by atoms with Crippen molar-refractivity contribution < 1.29 is 0 Å². The Kier molecular flexibility index (Phi) is 2.77. The molecule has 1 aliphatic rings. The van der Waals surface area contributed by atoms with Gasteiger partial charge in [0.05, 0.1) is 11.0 Å². The molecule has 0 aliphatic heterocycles.